The van der Waals surface area contributed by atoms with Gasteiger partial charge in [0.1, 0.15) is 5.69 Å². The van der Waals surface area contributed by atoms with Gasteiger partial charge in [0.25, 0.3) is 5.91 Å². The van der Waals surface area contributed by atoms with Crippen LogP contribution in [0.2, 0.25) is 0 Å². The zero-order valence-electron chi connectivity index (χ0n) is 16.8. The van der Waals surface area contributed by atoms with Crippen LogP contribution in [-0.2, 0) is 0 Å². The van der Waals surface area contributed by atoms with Crippen LogP contribution in [0.15, 0.2) is 48.5 Å². The van der Waals surface area contributed by atoms with Crippen molar-refractivity contribution < 1.29 is 4.79 Å². The van der Waals surface area contributed by atoms with Gasteiger partial charge in [0.15, 0.2) is 0 Å². The second-order valence-electron chi connectivity index (χ2n) is 8.31. The van der Waals surface area contributed by atoms with Crippen LogP contribution in [0.5, 0.6) is 0 Å². The van der Waals surface area contributed by atoms with Gasteiger partial charge >= 0.3 is 0 Å². The Balaban J connectivity index is 1.29. The lowest BCUT2D eigenvalue weighted by atomic mass is 9.99. The maximum atomic E-state index is 13.0. The number of hydrogen-bond donors (Lipinski definition) is 1. The molecule has 0 radical (unpaired) electrons. The molecule has 5 nitrogen and oxygen atoms in total. The normalized spacial score (nSPS) is 19.0. The summed E-state index contributed by atoms with van der Waals surface area (Å²) >= 11 is 0. The number of fused-ring (bicyclic) bond motifs is 1. The fourth-order valence-corrected chi connectivity index (χ4v) is 4.91. The lowest BCUT2D eigenvalue weighted by Gasteiger charge is -2.40. The SMILES string of the molecule is O=C(c1cc(-c2cccc3ccccc23)n[nH]1)N1CCC(N2CCCCC2)CC1. The summed E-state index contributed by atoms with van der Waals surface area (Å²) in [5, 5.41) is 9.79. The average molecular weight is 389 g/mol. The first kappa shape index (κ1) is 18.4. The van der Waals surface area contributed by atoms with E-state index < -0.39 is 0 Å². The van der Waals surface area contributed by atoms with Crippen LogP contribution in [0.25, 0.3) is 22.0 Å². The minimum absolute atomic E-state index is 0.0704. The molecule has 2 fully saturated rings. The van der Waals surface area contributed by atoms with Gasteiger partial charge < -0.3 is 9.80 Å². The maximum absolute atomic E-state index is 13.0. The number of aromatic amines is 1. The molecule has 150 valence electrons. The molecule has 0 atom stereocenters. The molecule has 0 bridgehead atoms. The largest absolute Gasteiger partial charge is 0.337 e. The second-order valence-corrected chi connectivity index (χ2v) is 8.31. The molecule has 29 heavy (non-hydrogen) atoms. The van der Waals surface area contributed by atoms with Crippen LogP contribution in [-0.4, -0.2) is 58.1 Å². The molecule has 1 N–H and O–H groups in total. The topological polar surface area (TPSA) is 52.2 Å². The number of nitrogens with one attached hydrogen (secondary N) is 1. The van der Waals surface area contributed by atoms with E-state index in [1.807, 2.05) is 29.2 Å². The fourth-order valence-electron chi connectivity index (χ4n) is 4.91. The molecule has 2 aromatic carbocycles. The molecule has 0 unspecified atom stereocenters. The molecule has 2 aliphatic heterocycles. The van der Waals surface area contributed by atoms with Crippen molar-refractivity contribution >= 4 is 16.7 Å². The molecule has 3 heterocycles. The standard InChI is InChI=1S/C24H28N4O/c29-24(28-15-11-19(12-16-28)27-13-4-1-5-14-27)23-17-22(25-26-23)21-10-6-8-18-7-2-3-9-20(18)21/h2-3,6-10,17,19H,1,4-5,11-16H2,(H,25,26). The van der Waals surface area contributed by atoms with Gasteiger partial charge in [-0.15, -0.1) is 0 Å². The van der Waals surface area contributed by atoms with Gasteiger partial charge in [0.2, 0.25) is 0 Å². The fraction of sp³-hybridized carbons (Fsp3) is 0.417. The summed E-state index contributed by atoms with van der Waals surface area (Å²) in [6.45, 7) is 4.13. The van der Waals surface area contributed by atoms with Crippen molar-refractivity contribution in [2.45, 2.75) is 38.1 Å². The van der Waals surface area contributed by atoms with Crippen LogP contribution in [0.1, 0.15) is 42.6 Å². The van der Waals surface area contributed by atoms with Crippen molar-refractivity contribution in [2.24, 2.45) is 0 Å². The number of carbonyl (C=O) groups is 1. The highest BCUT2D eigenvalue weighted by molar-refractivity contribution is 5.98. The maximum Gasteiger partial charge on any atom is 0.271 e. The van der Waals surface area contributed by atoms with Crippen LogP contribution < -0.4 is 0 Å². The monoisotopic (exact) mass is 388 g/mol. The number of aromatic nitrogens is 2. The molecule has 2 aliphatic rings. The van der Waals surface area contributed by atoms with Crippen molar-refractivity contribution in [3.8, 4) is 11.3 Å². The molecule has 2 saturated heterocycles. The van der Waals surface area contributed by atoms with Crippen LogP contribution in [0.4, 0.5) is 0 Å². The molecule has 3 aromatic rings. The van der Waals surface area contributed by atoms with Gasteiger partial charge in [-0.1, -0.05) is 48.9 Å². The summed E-state index contributed by atoms with van der Waals surface area (Å²) in [6.07, 6.45) is 6.17. The zero-order valence-corrected chi connectivity index (χ0v) is 16.8. The number of H-pyrrole nitrogens is 1. The Kier molecular flexibility index (Phi) is 5.06. The van der Waals surface area contributed by atoms with E-state index in [2.05, 4.69) is 39.4 Å². The van der Waals surface area contributed by atoms with Crippen molar-refractivity contribution in [1.29, 1.82) is 0 Å². The molecular formula is C24H28N4O. The van der Waals surface area contributed by atoms with E-state index in [0.29, 0.717) is 11.7 Å². The molecule has 0 saturated carbocycles. The molecule has 1 aromatic heterocycles. The van der Waals surface area contributed by atoms with Gasteiger partial charge in [-0.05, 0) is 55.6 Å². The van der Waals surface area contributed by atoms with E-state index in [4.69, 9.17) is 0 Å². The van der Waals surface area contributed by atoms with Crippen LogP contribution in [0.3, 0.4) is 0 Å². The number of carbonyl (C=O) groups excluding carboxylic acids is 1. The van der Waals surface area contributed by atoms with Crippen molar-refractivity contribution in [3.63, 3.8) is 0 Å². The average Bonchev–Trinajstić information content (AvgIpc) is 3.29. The Morgan fingerprint density at radius 2 is 1.69 bits per heavy atom. The highest BCUT2D eigenvalue weighted by Crippen LogP contribution is 2.28. The molecule has 1 amide bonds. The summed E-state index contributed by atoms with van der Waals surface area (Å²) in [5.74, 6) is 0.0704. The van der Waals surface area contributed by atoms with Crippen molar-refractivity contribution in [1.82, 2.24) is 20.0 Å². The Labute approximate surface area is 171 Å². The van der Waals surface area contributed by atoms with E-state index in [-0.39, 0.29) is 5.91 Å². The van der Waals surface area contributed by atoms with E-state index in [1.54, 1.807) is 0 Å². The summed E-state index contributed by atoms with van der Waals surface area (Å²) in [4.78, 5) is 17.7. The number of nitrogens with zero attached hydrogens (tertiary/aromatic N) is 3. The van der Waals surface area contributed by atoms with Gasteiger partial charge in [0.05, 0.1) is 5.69 Å². The third-order valence-electron chi connectivity index (χ3n) is 6.53. The Morgan fingerprint density at radius 1 is 0.931 bits per heavy atom. The first-order chi connectivity index (χ1) is 14.3. The number of amides is 1. The lowest BCUT2D eigenvalue weighted by molar-refractivity contribution is 0.0585. The van der Waals surface area contributed by atoms with E-state index in [9.17, 15) is 4.79 Å². The third kappa shape index (κ3) is 3.67. The van der Waals surface area contributed by atoms with Crippen LogP contribution in [0, 0.1) is 0 Å². The minimum Gasteiger partial charge on any atom is -0.337 e. The van der Waals surface area contributed by atoms with Gasteiger partial charge in [-0.2, -0.15) is 5.10 Å². The minimum atomic E-state index is 0.0704. The predicted molar refractivity (Wildman–Crippen MR) is 116 cm³/mol. The number of rotatable bonds is 3. The number of likely N-dealkylation sites (tertiary alicyclic amines) is 2. The quantitative estimate of drug-likeness (QED) is 0.727. The first-order valence-corrected chi connectivity index (χ1v) is 10.9. The highest BCUT2D eigenvalue weighted by atomic mass is 16.2. The summed E-state index contributed by atoms with van der Waals surface area (Å²) in [5.41, 5.74) is 2.47. The Morgan fingerprint density at radius 3 is 2.52 bits per heavy atom. The first-order valence-electron chi connectivity index (χ1n) is 10.9. The summed E-state index contributed by atoms with van der Waals surface area (Å²) < 4.78 is 0. The molecule has 5 heteroatoms. The van der Waals surface area contributed by atoms with Gasteiger partial charge in [-0.25, -0.2) is 0 Å². The third-order valence-corrected chi connectivity index (χ3v) is 6.53. The van der Waals surface area contributed by atoms with Crippen molar-refractivity contribution in [3.05, 3.63) is 54.2 Å². The van der Waals surface area contributed by atoms with Gasteiger partial charge in [0, 0.05) is 24.7 Å². The highest BCUT2D eigenvalue weighted by Gasteiger charge is 2.28. The molecular weight excluding hydrogens is 360 g/mol. The molecule has 5 rings (SSSR count). The number of hydrogen-bond acceptors (Lipinski definition) is 3. The molecule has 0 spiro atoms. The van der Waals surface area contributed by atoms with E-state index in [1.165, 1.54) is 37.7 Å². The predicted octanol–water partition coefficient (Wildman–Crippen LogP) is 4.32. The van der Waals surface area contributed by atoms with E-state index >= 15 is 0 Å². The smallest absolute Gasteiger partial charge is 0.271 e. The van der Waals surface area contributed by atoms with Gasteiger partial charge in [-0.3, -0.25) is 9.89 Å². The van der Waals surface area contributed by atoms with E-state index in [0.717, 1.165) is 42.6 Å². The number of benzene rings is 2. The number of piperidine rings is 2. The molecule has 0 aliphatic carbocycles. The Hall–Kier alpha value is -2.66. The van der Waals surface area contributed by atoms with Crippen LogP contribution >= 0.6 is 0 Å². The summed E-state index contributed by atoms with van der Waals surface area (Å²) in [7, 11) is 0. The lowest BCUT2D eigenvalue weighted by Crippen LogP contribution is -2.48. The van der Waals surface area contributed by atoms with Crippen molar-refractivity contribution in [2.75, 3.05) is 26.2 Å². The zero-order chi connectivity index (χ0) is 19.6. The summed E-state index contributed by atoms with van der Waals surface area (Å²) in [6, 6.07) is 17.0. The Bertz CT molecular complexity index is 992. The second kappa shape index (κ2) is 7.99.